The number of rotatable bonds is 3. The number of aliphatic hydroxyl groups is 1. The number of amides is 1. The Morgan fingerprint density at radius 3 is 3.14 bits per heavy atom. The third-order valence-corrected chi connectivity index (χ3v) is 3.64. The molecule has 0 spiro atoms. The van der Waals surface area contributed by atoms with E-state index in [-0.39, 0.29) is 19.1 Å². The number of aliphatic hydroxyl groups excluding tert-OH is 1. The van der Waals surface area contributed by atoms with E-state index in [0.29, 0.717) is 22.0 Å². The summed E-state index contributed by atoms with van der Waals surface area (Å²) < 4.78 is 5.50. The Hall–Kier alpha value is -2.11. The molecule has 1 aliphatic rings. The number of carbonyl (C=O) groups excluding carboxylic acids is 1. The number of carbonyl (C=O) groups is 1. The maximum atomic E-state index is 12.4. The van der Waals surface area contributed by atoms with E-state index in [9.17, 15) is 9.90 Å². The van der Waals surface area contributed by atoms with Crippen LogP contribution in [0.1, 0.15) is 17.0 Å². The first-order valence-electron chi connectivity index (χ1n) is 6.46. The lowest BCUT2D eigenvalue weighted by atomic mass is 10.0. The molecule has 1 aromatic carbocycles. The number of pyridine rings is 1. The van der Waals surface area contributed by atoms with E-state index in [1.807, 2.05) is 0 Å². The molecule has 0 saturated carbocycles. The number of nitrogens with zero attached hydrogens (tertiary/aromatic N) is 1. The van der Waals surface area contributed by atoms with Gasteiger partial charge in [-0.25, -0.2) is 0 Å². The van der Waals surface area contributed by atoms with Crippen LogP contribution in [0.25, 0.3) is 0 Å². The first-order valence-corrected chi connectivity index (χ1v) is 6.83. The number of ether oxygens (including phenoxy) is 1. The average molecular weight is 305 g/mol. The molecule has 5 nitrogen and oxygen atoms in total. The third kappa shape index (κ3) is 2.70. The number of hydrogen-bond acceptors (Lipinski definition) is 4. The van der Waals surface area contributed by atoms with Gasteiger partial charge in [0, 0.05) is 22.3 Å². The van der Waals surface area contributed by atoms with Crippen molar-refractivity contribution in [3.05, 3.63) is 52.8 Å². The number of nitrogens with one attached hydrogen (secondary N) is 1. The van der Waals surface area contributed by atoms with Crippen molar-refractivity contribution in [3.8, 4) is 5.75 Å². The summed E-state index contributed by atoms with van der Waals surface area (Å²) >= 11 is 5.97. The van der Waals surface area contributed by atoms with Crippen molar-refractivity contribution in [2.75, 3.05) is 11.9 Å². The third-order valence-electron chi connectivity index (χ3n) is 3.41. The fourth-order valence-electron chi connectivity index (χ4n) is 2.30. The summed E-state index contributed by atoms with van der Waals surface area (Å²) in [6.07, 6.45) is 3.08. The highest BCUT2D eigenvalue weighted by atomic mass is 35.5. The van der Waals surface area contributed by atoms with Gasteiger partial charge in [0.1, 0.15) is 18.3 Å². The molecule has 2 N–H and O–H groups in total. The van der Waals surface area contributed by atoms with E-state index in [0.717, 1.165) is 5.56 Å². The largest absolute Gasteiger partial charge is 0.492 e. The van der Waals surface area contributed by atoms with Crippen LogP contribution in [0, 0.1) is 0 Å². The highest BCUT2D eigenvalue weighted by molar-refractivity contribution is 6.30. The minimum absolute atomic E-state index is 0.165. The Bertz CT molecular complexity index is 690. The van der Waals surface area contributed by atoms with Crippen molar-refractivity contribution in [2.24, 2.45) is 0 Å². The topological polar surface area (TPSA) is 71.5 Å². The van der Waals surface area contributed by atoms with E-state index in [4.69, 9.17) is 16.3 Å². The van der Waals surface area contributed by atoms with Crippen LogP contribution in [-0.4, -0.2) is 22.6 Å². The summed E-state index contributed by atoms with van der Waals surface area (Å²) in [5.41, 5.74) is 1.89. The van der Waals surface area contributed by atoms with Crippen molar-refractivity contribution in [3.63, 3.8) is 0 Å². The van der Waals surface area contributed by atoms with E-state index in [1.54, 1.807) is 30.5 Å². The number of anilines is 1. The molecule has 2 heterocycles. The van der Waals surface area contributed by atoms with Crippen LogP contribution in [0.2, 0.25) is 5.02 Å². The normalized spacial score (nSPS) is 16.2. The van der Waals surface area contributed by atoms with Gasteiger partial charge in [-0.2, -0.15) is 0 Å². The fourth-order valence-corrected chi connectivity index (χ4v) is 2.48. The summed E-state index contributed by atoms with van der Waals surface area (Å²) in [6.45, 7) is 0.109. The molecule has 21 heavy (non-hydrogen) atoms. The minimum Gasteiger partial charge on any atom is -0.492 e. The smallest absolute Gasteiger partial charge is 0.235 e. The molecule has 0 radical (unpaired) electrons. The average Bonchev–Trinajstić information content (AvgIpc) is 2.90. The van der Waals surface area contributed by atoms with Gasteiger partial charge in [0.25, 0.3) is 0 Å². The predicted octanol–water partition coefficient (Wildman–Crippen LogP) is 2.34. The summed E-state index contributed by atoms with van der Waals surface area (Å²) in [5.74, 6) is 0.0392. The van der Waals surface area contributed by atoms with Crippen molar-refractivity contribution in [1.29, 1.82) is 0 Å². The van der Waals surface area contributed by atoms with Crippen molar-refractivity contribution in [2.45, 2.75) is 12.5 Å². The number of hydrogen-bond donors (Lipinski definition) is 2. The van der Waals surface area contributed by atoms with Crippen LogP contribution < -0.4 is 10.1 Å². The van der Waals surface area contributed by atoms with Crippen LogP contribution in [0.15, 0.2) is 36.7 Å². The van der Waals surface area contributed by atoms with Gasteiger partial charge < -0.3 is 15.2 Å². The molecule has 0 aliphatic carbocycles. The first-order chi connectivity index (χ1) is 10.2. The minimum atomic E-state index is -0.426. The van der Waals surface area contributed by atoms with Crippen LogP contribution in [0.4, 0.5) is 5.69 Å². The molecule has 1 atom stereocenters. The maximum Gasteiger partial charge on any atom is 0.235 e. The molecular formula is C15H13ClN2O3. The molecule has 0 unspecified atom stereocenters. The molecule has 6 heteroatoms. The summed E-state index contributed by atoms with van der Waals surface area (Å²) in [4.78, 5) is 16.4. The lowest BCUT2D eigenvalue weighted by Crippen LogP contribution is -2.23. The summed E-state index contributed by atoms with van der Waals surface area (Å²) in [7, 11) is 0. The zero-order chi connectivity index (χ0) is 14.8. The fraction of sp³-hybridized carbons (Fsp3) is 0.200. The zero-order valence-electron chi connectivity index (χ0n) is 11.0. The number of halogens is 1. The molecule has 0 bridgehead atoms. The van der Waals surface area contributed by atoms with Gasteiger partial charge in [-0.1, -0.05) is 11.6 Å². The zero-order valence-corrected chi connectivity index (χ0v) is 11.8. The second-order valence-corrected chi connectivity index (χ2v) is 5.16. The predicted molar refractivity (Wildman–Crippen MR) is 78.5 cm³/mol. The van der Waals surface area contributed by atoms with E-state index >= 15 is 0 Å². The molecule has 0 saturated heterocycles. The Morgan fingerprint density at radius 1 is 1.48 bits per heavy atom. The van der Waals surface area contributed by atoms with E-state index < -0.39 is 5.92 Å². The first kappa shape index (κ1) is 13.9. The molecular weight excluding hydrogens is 292 g/mol. The standard InChI is InChI=1S/C15H13ClN2O3/c16-10-1-2-14-11(5-10)12(8-21-14)15(20)18-13-6-17-4-3-9(13)7-19/h1-6,12,19H,7-8H2,(H,18,20)/t12-/m1/s1. The Kier molecular flexibility index (Phi) is 3.77. The number of aromatic nitrogens is 1. The summed E-state index contributed by atoms with van der Waals surface area (Å²) in [5, 5.41) is 12.6. The van der Waals surface area contributed by atoms with Crippen LogP contribution >= 0.6 is 11.6 Å². The van der Waals surface area contributed by atoms with Gasteiger partial charge >= 0.3 is 0 Å². The van der Waals surface area contributed by atoms with Gasteiger partial charge in [0.05, 0.1) is 18.5 Å². The lowest BCUT2D eigenvalue weighted by Gasteiger charge is -2.12. The monoisotopic (exact) mass is 304 g/mol. The Balaban J connectivity index is 1.83. The molecule has 0 fully saturated rings. The number of fused-ring (bicyclic) bond motifs is 1. The van der Waals surface area contributed by atoms with Crippen molar-refractivity contribution in [1.82, 2.24) is 4.98 Å². The highest BCUT2D eigenvalue weighted by Crippen LogP contribution is 2.36. The van der Waals surface area contributed by atoms with Crippen molar-refractivity contribution >= 4 is 23.2 Å². The SMILES string of the molecule is O=C(Nc1cnccc1CO)[C@@H]1COc2ccc(Cl)cc21. The molecule has 1 aliphatic heterocycles. The second-order valence-electron chi connectivity index (χ2n) is 4.73. The van der Waals surface area contributed by atoms with E-state index in [2.05, 4.69) is 10.3 Å². The van der Waals surface area contributed by atoms with Gasteiger partial charge in [0.2, 0.25) is 5.91 Å². The quantitative estimate of drug-likeness (QED) is 0.913. The van der Waals surface area contributed by atoms with Gasteiger partial charge in [-0.15, -0.1) is 0 Å². The second kappa shape index (κ2) is 5.71. The van der Waals surface area contributed by atoms with Crippen LogP contribution in [-0.2, 0) is 11.4 Å². The highest BCUT2D eigenvalue weighted by Gasteiger charge is 2.30. The molecule has 1 aromatic heterocycles. The maximum absolute atomic E-state index is 12.4. The van der Waals surface area contributed by atoms with Gasteiger partial charge in [-0.05, 0) is 24.3 Å². The van der Waals surface area contributed by atoms with Crippen LogP contribution in [0.5, 0.6) is 5.75 Å². The van der Waals surface area contributed by atoms with Gasteiger partial charge in [-0.3, -0.25) is 9.78 Å². The Labute approximate surface area is 126 Å². The summed E-state index contributed by atoms with van der Waals surface area (Å²) in [6, 6.07) is 6.88. The molecule has 2 aromatic rings. The van der Waals surface area contributed by atoms with Crippen LogP contribution in [0.3, 0.4) is 0 Å². The molecule has 1 amide bonds. The lowest BCUT2D eigenvalue weighted by molar-refractivity contribution is -0.117. The molecule has 108 valence electrons. The van der Waals surface area contributed by atoms with E-state index in [1.165, 1.54) is 6.20 Å². The molecule has 3 rings (SSSR count). The number of benzene rings is 1. The van der Waals surface area contributed by atoms with Crippen molar-refractivity contribution < 1.29 is 14.6 Å². The van der Waals surface area contributed by atoms with Gasteiger partial charge in [0.15, 0.2) is 0 Å². The Morgan fingerprint density at radius 2 is 2.33 bits per heavy atom.